The number of aryl methyl sites for hydroxylation is 1. The standard InChI is InChI=1S/C15H15ClFNO/c1-9-7-11(16)3-6-15(9)18-10(2)13-5-4-12(19)8-14(13)17/h3-8,10,18-19H,1-2H3. The summed E-state index contributed by atoms with van der Waals surface area (Å²) in [5, 5.41) is 13.1. The van der Waals surface area contributed by atoms with E-state index in [1.165, 1.54) is 6.07 Å². The van der Waals surface area contributed by atoms with E-state index >= 15 is 0 Å². The van der Waals surface area contributed by atoms with Crippen molar-refractivity contribution in [1.29, 1.82) is 0 Å². The van der Waals surface area contributed by atoms with E-state index in [-0.39, 0.29) is 11.8 Å². The molecule has 100 valence electrons. The molecule has 2 aromatic carbocycles. The van der Waals surface area contributed by atoms with Gasteiger partial charge in [0, 0.05) is 22.3 Å². The molecule has 1 atom stereocenters. The van der Waals surface area contributed by atoms with E-state index in [4.69, 9.17) is 11.6 Å². The minimum absolute atomic E-state index is 0.0730. The monoisotopic (exact) mass is 279 g/mol. The molecule has 2 N–H and O–H groups in total. The lowest BCUT2D eigenvalue weighted by atomic mass is 10.1. The number of nitrogens with one attached hydrogen (secondary N) is 1. The lowest BCUT2D eigenvalue weighted by molar-refractivity contribution is 0.467. The van der Waals surface area contributed by atoms with E-state index < -0.39 is 5.82 Å². The molecule has 4 heteroatoms. The largest absolute Gasteiger partial charge is 0.508 e. The van der Waals surface area contributed by atoms with Crippen LogP contribution in [0.25, 0.3) is 0 Å². The molecule has 0 aliphatic carbocycles. The first kappa shape index (κ1) is 13.7. The van der Waals surface area contributed by atoms with Crippen molar-refractivity contribution in [2.24, 2.45) is 0 Å². The van der Waals surface area contributed by atoms with Crippen LogP contribution in [0.4, 0.5) is 10.1 Å². The third-order valence-electron chi connectivity index (χ3n) is 3.01. The fourth-order valence-electron chi connectivity index (χ4n) is 1.97. The molecule has 0 aliphatic rings. The van der Waals surface area contributed by atoms with Crippen molar-refractivity contribution in [1.82, 2.24) is 0 Å². The number of halogens is 2. The van der Waals surface area contributed by atoms with Gasteiger partial charge >= 0.3 is 0 Å². The lowest BCUT2D eigenvalue weighted by Crippen LogP contribution is -2.09. The SMILES string of the molecule is Cc1cc(Cl)ccc1NC(C)c1ccc(O)cc1F. The Kier molecular flexibility index (Phi) is 3.96. The van der Waals surface area contributed by atoms with Crippen molar-refractivity contribution >= 4 is 17.3 Å². The Morgan fingerprint density at radius 1 is 1.21 bits per heavy atom. The second-order valence-electron chi connectivity index (χ2n) is 4.53. The fourth-order valence-corrected chi connectivity index (χ4v) is 2.19. The van der Waals surface area contributed by atoms with Crippen LogP contribution in [0.3, 0.4) is 0 Å². The van der Waals surface area contributed by atoms with E-state index in [2.05, 4.69) is 5.32 Å². The highest BCUT2D eigenvalue weighted by atomic mass is 35.5. The fraction of sp³-hybridized carbons (Fsp3) is 0.200. The summed E-state index contributed by atoms with van der Waals surface area (Å²) in [6.45, 7) is 3.80. The molecule has 2 nitrogen and oxygen atoms in total. The first-order chi connectivity index (χ1) is 8.97. The molecular weight excluding hydrogens is 265 g/mol. The van der Waals surface area contributed by atoms with Gasteiger partial charge in [-0.15, -0.1) is 0 Å². The smallest absolute Gasteiger partial charge is 0.132 e. The van der Waals surface area contributed by atoms with Crippen LogP contribution < -0.4 is 5.32 Å². The zero-order valence-electron chi connectivity index (χ0n) is 10.7. The van der Waals surface area contributed by atoms with Crippen molar-refractivity contribution in [2.45, 2.75) is 19.9 Å². The van der Waals surface area contributed by atoms with Gasteiger partial charge in [-0.25, -0.2) is 4.39 Å². The van der Waals surface area contributed by atoms with Gasteiger partial charge in [0.25, 0.3) is 0 Å². The van der Waals surface area contributed by atoms with Gasteiger partial charge in [-0.2, -0.15) is 0 Å². The van der Waals surface area contributed by atoms with Crippen molar-refractivity contribution in [3.05, 3.63) is 58.4 Å². The molecule has 0 spiro atoms. The average molecular weight is 280 g/mol. The number of anilines is 1. The number of rotatable bonds is 3. The predicted octanol–water partition coefficient (Wildman–Crippen LogP) is 4.67. The van der Waals surface area contributed by atoms with Crippen LogP contribution >= 0.6 is 11.6 Å². The molecule has 0 bridgehead atoms. The summed E-state index contributed by atoms with van der Waals surface area (Å²) < 4.78 is 13.7. The zero-order chi connectivity index (χ0) is 14.0. The third kappa shape index (κ3) is 3.18. The summed E-state index contributed by atoms with van der Waals surface area (Å²) in [7, 11) is 0. The molecule has 0 fully saturated rings. The van der Waals surface area contributed by atoms with Gasteiger partial charge in [-0.05, 0) is 43.7 Å². The highest BCUT2D eigenvalue weighted by molar-refractivity contribution is 6.30. The quantitative estimate of drug-likeness (QED) is 0.856. The second-order valence-corrected chi connectivity index (χ2v) is 4.97. The highest BCUT2D eigenvalue weighted by Gasteiger charge is 2.12. The summed E-state index contributed by atoms with van der Waals surface area (Å²) in [6, 6.07) is 9.47. The molecular formula is C15H15ClFNO. The number of benzene rings is 2. The first-order valence-electron chi connectivity index (χ1n) is 5.98. The summed E-state index contributed by atoms with van der Waals surface area (Å²) in [5.74, 6) is -0.497. The zero-order valence-corrected chi connectivity index (χ0v) is 11.5. The van der Waals surface area contributed by atoms with Crippen molar-refractivity contribution in [2.75, 3.05) is 5.32 Å². The molecule has 0 heterocycles. The maximum atomic E-state index is 13.7. The molecule has 2 aromatic rings. The van der Waals surface area contributed by atoms with Gasteiger partial charge in [0.1, 0.15) is 11.6 Å². The molecule has 1 unspecified atom stereocenters. The topological polar surface area (TPSA) is 32.3 Å². The van der Waals surface area contributed by atoms with Crippen LogP contribution in [-0.2, 0) is 0 Å². The van der Waals surface area contributed by atoms with Crippen LogP contribution in [0.2, 0.25) is 5.02 Å². The number of hydrogen-bond acceptors (Lipinski definition) is 2. The first-order valence-corrected chi connectivity index (χ1v) is 6.36. The van der Waals surface area contributed by atoms with Gasteiger partial charge < -0.3 is 10.4 Å². The third-order valence-corrected chi connectivity index (χ3v) is 3.25. The summed E-state index contributed by atoms with van der Waals surface area (Å²) in [5.41, 5.74) is 2.41. The van der Waals surface area contributed by atoms with Crippen LogP contribution in [0.15, 0.2) is 36.4 Å². The number of phenolic OH excluding ortho intramolecular Hbond substituents is 1. The Morgan fingerprint density at radius 2 is 1.95 bits per heavy atom. The van der Waals surface area contributed by atoms with Gasteiger partial charge in [-0.3, -0.25) is 0 Å². The molecule has 0 saturated carbocycles. The maximum Gasteiger partial charge on any atom is 0.132 e. The minimum atomic E-state index is -0.424. The van der Waals surface area contributed by atoms with Crippen LogP contribution in [-0.4, -0.2) is 5.11 Å². The van der Waals surface area contributed by atoms with Crippen LogP contribution in [0.5, 0.6) is 5.75 Å². The number of phenols is 1. The van der Waals surface area contributed by atoms with E-state index in [1.807, 2.05) is 26.0 Å². The Bertz CT molecular complexity index is 601. The van der Waals surface area contributed by atoms with Gasteiger partial charge in [0.15, 0.2) is 0 Å². The lowest BCUT2D eigenvalue weighted by Gasteiger charge is -2.18. The predicted molar refractivity (Wildman–Crippen MR) is 76.3 cm³/mol. The van der Waals surface area contributed by atoms with Gasteiger partial charge in [-0.1, -0.05) is 17.7 Å². The molecule has 2 rings (SSSR count). The second kappa shape index (κ2) is 5.49. The molecule has 0 amide bonds. The summed E-state index contributed by atoms with van der Waals surface area (Å²) >= 11 is 5.90. The highest BCUT2D eigenvalue weighted by Crippen LogP contribution is 2.27. The molecule has 19 heavy (non-hydrogen) atoms. The van der Waals surface area contributed by atoms with E-state index in [0.29, 0.717) is 10.6 Å². The molecule has 0 saturated heterocycles. The molecule has 0 aromatic heterocycles. The van der Waals surface area contributed by atoms with Crippen molar-refractivity contribution in [3.63, 3.8) is 0 Å². The Labute approximate surface area is 116 Å². The minimum Gasteiger partial charge on any atom is -0.508 e. The summed E-state index contributed by atoms with van der Waals surface area (Å²) in [4.78, 5) is 0. The van der Waals surface area contributed by atoms with E-state index in [9.17, 15) is 9.50 Å². The molecule has 0 radical (unpaired) electrons. The van der Waals surface area contributed by atoms with Gasteiger partial charge in [0.2, 0.25) is 0 Å². The Morgan fingerprint density at radius 3 is 2.58 bits per heavy atom. The van der Waals surface area contributed by atoms with E-state index in [1.54, 1.807) is 12.1 Å². The maximum absolute atomic E-state index is 13.7. The Balaban J connectivity index is 2.23. The van der Waals surface area contributed by atoms with E-state index in [0.717, 1.165) is 17.3 Å². The Hall–Kier alpha value is -1.74. The normalized spacial score (nSPS) is 12.2. The van der Waals surface area contributed by atoms with Gasteiger partial charge in [0.05, 0.1) is 6.04 Å². The van der Waals surface area contributed by atoms with Crippen molar-refractivity contribution in [3.8, 4) is 5.75 Å². The number of aromatic hydroxyl groups is 1. The number of hydrogen-bond donors (Lipinski definition) is 2. The van der Waals surface area contributed by atoms with Crippen LogP contribution in [0.1, 0.15) is 24.1 Å². The van der Waals surface area contributed by atoms with Crippen LogP contribution in [0, 0.1) is 12.7 Å². The van der Waals surface area contributed by atoms with Crippen molar-refractivity contribution < 1.29 is 9.50 Å². The average Bonchev–Trinajstić information content (AvgIpc) is 2.32. The summed E-state index contributed by atoms with van der Waals surface area (Å²) in [6.07, 6.45) is 0. The molecule has 0 aliphatic heterocycles.